The van der Waals surface area contributed by atoms with Gasteiger partial charge in [0.1, 0.15) is 5.54 Å². The third-order valence-electron chi connectivity index (χ3n) is 3.43. The van der Waals surface area contributed by atoms with Gasteiger partial charge in [0.05, 0.1) is 6.07 Å². The van der Waals surface area contributed by atoms with Gasteiger partial charge in [0, 0.05) is 25.2 Å². The van der Waals surface area contributed by atoms with Gasteiger partial charge in [-0.3, -0.25) is 10.2 Å². The van der Waals surface area contributed by atoms with Crippen molar-refractivity contribution in [3.8, 4) is 6.07 Å². The van der Waals surface area contributed by atoms with E-state index in [2.05, 4.69) is 57.8 Å². The molecule has 0 fully saturated rings. The number of rotatable bonds is 9. The van der Waals surface area contributed by atoms with E-state index in [4.69, 9.17) is 0 Å². The monoisotopic (exact) mass is 267 g/mol. The van der Waals surface area contributed by atoms with Gasteiger partial charge in [0.15, 0.2) is 0 Å². The number of nitrogens with one attached hydrogen (secondary N) is 1. The Kier molecular flexibility index (Phi) is 8.29. The van der Waals surface area contributed by atoms with Gasteiger partial charge in [-0.2, -0.15) is 5.26 Å². The lowest BCUT2D eigenvalue weighted by atomic mass is 9.98. The predicted molar refractivity (Wildman–Crippen MR) is 83.1 cm³/mol. The molecule has 112 valence electrons. The van der Waals surface area contributed by atoms with Crippen LogP contribution in [0.4, 0.5) is 0 Å². The predicted octanol–water partition coefficient (Wildman–Crippen LogP) is 3.41. The van der Waals surface area contributed by atoms with Crippen LogP contribution in [0.15, 0.2) is 0 Å². The molecule has 0 heterocycles. The van der Waals surface area contributed by atoms with E-state index >= 15 is 0 Å². The third kappa shape index (κ3) is 6.94. The SMILES string of the molecule is CCC(CC)N(CC(C)C)CC(C)(C#N)NC(C)C. The average molecular weight is 267 g/mol. The molecular weight excluding hydrogens is 234 g/mol. The summed E-state index contributed by atoms with van der Waals surface area (Å²) in [5.74, 6) is 0.627. The van der Waals surface area contributed by atoms with Crippen molar-refractivity contribution in [3.63, 3.8) is 0 Å². The van der Waals surface area contributed by atoms with Gasteiger partial charge >= 0.3 is 0 Å². The van der Waals surface area contributed by atoms with Crippen molar-refractivity contribution >= 4 is 0 Å². The maximum absolute atomic E-state index is 9.51. The molecule has 3 nitrogen and oxygen atoms in total. The second-order valence-electron chi connectivity index (χ2n) is 6.54. The zero-order valence-electron chi connectivity index (χ0n) is 14.0. The maximum atomic E-state index is 9.51. The fourth-order valence-electron chi connectivity index (χ4n) is 2.77. The molecule has 1 unspecified atom stereocenters. The molecule has 0 rings (SSSR count). The van der Waals surface area contributed by atoms with E-state index in [1.165, 1.54) is 0 Å². The van der Waals surface area contributed by atoms with Crippen LogP contribution in [0.1, 0.15) is 61.3 Å². The Morgan fingerprint density at radius 1 is 1.16 bits per heavy atom. The summed E-state index contributed by atoms with van der Waals surface area (Å²) in [5, 5.41) is 12.9. The number of nitriles is 1. The standard InChI is InChI=1S/C16H33N3/c1-8-15(9-2)19(10-13(3)4)12-16(7,11-17)18-14(5)6/h13-15,18H,8-10,12H2,1-7H3. The molecular formula is C16H33N3. The third-order valence-corrected chi connectivity index (χ3v) is 3.43. The van der Waals surface area contributed by atoms with E-state index in [1.807, 2.05) is 6.92 Å². The van der Waals surface area contributed by atoms with Crippen LogP contribution in [-0.2, 0) is 0 Å². The molecule has 0 bridgehead atoms. The van der Waals surface area contributed by atoms with E-state index in [-0.39, 0.29) is 0 Å². The highest BCUT2D eigenvalue weighted by molar-refractivity contribution is 5.07. The van der Waals surface area contributed by atoms with Crippen LogP contribution in [0.5, 0.6) is 0 Å². The first kappa shape index (κ1) is 18.4. The molecule has 0 aliphatic carbocycles. The minimum atomic E-state index is -0.467. The molecule has 0 aromatic carbocycles. The van der Waals surface area contributed by atoms with Crippen molar-refractivity contribution in [2.45, 2.75) is 78.9 Å². The Balaban J connectivity index is 4.91. The minimum absolute atomic E-state index is 0.326. The van der Waals surface area contributed by atoms with Crippen molar-refractivity contribution in [2.24, 2.45) is 5.92 Å². The highest BCUT2D eigenvalue weighted by Gasteiger charge is 2.30. The molecule has 0 aromatic rings. The molecule has 3 heteroatoms. The van der Waals surface area contributed by atoms with E-state index in [1.54, 1.807) is 0 Å². The fraction of sp³-hybridized carbons (Fsp3) is 0.938. The van der Waals surface area contributed by atoms with Crippen molar-refractivity contribution in [1.29, 1.82) is 5.26 Å². The molecule has 0 aromatic heterocycles. The van der Waals surface area contributed by atoms with Crippen LogP contribution in [0, 0.1) is 17.2 Å². The van der Waals surface area contributed by atoms with Gasteiger partial charge in [-0.1, -0.05) is 27.7 Å². The van der Waals surface area contributed by atoms with E-state index in [0.717, 1.165) is 25.9 Å². The Morgan fingerprint density at radius 3 is 2.00 bits per heavy atom. The van der Waals surface area contributed by atoms with Crippen molar-refractivity contribution in [1.82, 2.24) is 10.2 Å². The van der Waals surface area contributed by atoms with Crippen molar-refractivity contribution < 1.29 is 0 Å². The summed E-state index contributed by atoms with van der Waals surface area (Å²) in [6.07, 6.45) is 2.29. The van der Waals surface area contributed by atoms with Gasteiger partial charge in [0.25, 0.3) is 0 Å². The van der Waals surface area contributed by atoms with Gasteiger partial charge < -0.3 is 0 Å². The van der Waals surface area contributed by atoms with Crippen LogP contribution >= 0.6 is 0 Å². The molecule has 0 saturated carbocycles. The first-order valence-corrected chi connectivity index (χ1v) is 7.70. The molecule has 0 radical (unpaired) electrons. The topological polar surface area (TPSA) is 39.1 Å². The first-order valence-electron chi connectivity index (χ1n) is 7.70. The first-order chi connectivity index (χ1) is 8.77. The number of hydrogen-bond acceptors (Lipinski definition) is 3. The summed E-state index contributed by atoms with van der Waals surface area (Å²) >= 11 is 0. The van der Waals surface area contributed by atoms with Crippen molar-refractivity contribution in [2.75, 3.05) is 13.1 Å². The molecule has 0 aliphatic rings. The number of hydrogen-bond donors (Lipinski definition) is 1. The average Bonchev–Trinajstić information content (AvgIpc) is 2.28. The van der Waals surface area contributed by atoms with E-state index < -0.39 is 5.54 Å². The summed E-state index contributed by atoms with van der Waals surface area (Å²) < 4.78 is 0. The Morgan fingerprint density at radius 2 is 1.68 bits per heavy atom. The van der Waals surface area contributed by atoms with Crippen LogP contribution in [0.25, 0.3) is 0 Å². The van der Waals surface area contributed by atoms with Crippen LogP contribution in [0.3, 0.4) is 0 Å². The molecule has 1 N–H and O–H groups in total. The van der Waals surface area contributed by atoms with Gasteiger partial charge in [-0.25, -0.2) is 0 Å². The molecule has 0 aliphatic heterocycles. The molecule has 0 spiro atoms. The minimum Gasteiger partial charge on any atom is -0.297 e. The summed E-state index contributed by atoms with van der Waals surface area (Å²) in [6, 6.07) is 3.36. The van der Waals surface area contributed by atoms with Gasteiger partial charge in [0.2, 0.25) is 0 Å². The largest absolute Gasteiger partial charge is 0.297 e. The van der Waals surface area contributed by atoms with Gasteiger partial charge in [-0.15, -0.1) is 0 Å². The molecule has 0 amide bonds. The smallest absolute Gasteiger partial charge is 0.116 e. The maximum Gasteiger partial charge on any atom is 0.116 e. The summed E-state index contributed by atoms with van der Waals surface area (Å²) in [4.78, 5) is 2.49. The summed E-state index contributed by atoms with van der Waals surface area (Å²) in [6.45, 7) is 17.0. The highest BCUT2D eigenvalue weighted by Crippen LogP contribution is 2.16. The Bertz CT molecular complexity index is 276. The van der Waals surface area contributed by atoms with Crippen LogP contribution in [-0.4, -0.2) is 35.6 Å². The zero-order valence-corrected chi connectivity index (χ0v) is 14.0. The lowest BCUT2D eigenvalue weighted by Crippen LogP contribution is -2.55. The lowest BCUT2D eigenvalue weighted by molar-refractivity contribution is 0.133. The number of nitrogens with zero attached hydrogens (tertiary/aromatic N) is 2. The quantitative estimate of drug-likeness (QED) is 0.696. The summed E-state index contributed by atoms with van der Waals surface area (Å²) in [5.41, 5.74) is -0.467. The lowest BCUT2D eigenvalue weighted by Gasteiger charge is -2.38. The van der Waals surface area contributed by atoms with E-state index in [0.29, 0.717) is 18.0 Å². The highest BCUT2D eigenvalue weighted by atomic mass is 15.2. The normalized spacial score (nSPS) is 15.3. The Labute approximate surface area is 120 Å². The zero-order chi connectivity index (χ0) is 15.1. The second-order valence-corrected chi connectivity index (χ2v) is 6.54. The van der Waals surface area contributed by atoms with Crippen molar-refractivity contribution in [3.05, 3.63) is 0 Å². The molecule has 19 heavy (non-hydrogen) atoms. The van der Waals surface area contributed by atoms with Gasteiger partial charge in [-0.05, 0) is 39.5 Å². The van der Waals surface area contributed by atoms with Crippen LogP contribution in [0.2, 0.25) is 0 Å². The molecule has 1 atom stereocenters. The van der Waals surface area contributed by atoms with Crippen LogP contribution < -0.4 is 5.32 Å². The fourth-order valence-corrected chi connectivity index (χ4v) is 2.77. The summed E-state index contributed by atoms with van der Waals surface area (Å²) in [7, 11) is 0. The Hall–Kier alpha value is -0.590. The second kappa shape index (κ2) is 8.55. The van der Waals surface area contributed by atoms with E-state index in [9.17, 15) is 5.26 Å². The molecule has 0 saturated heterocycles.